The van der Waals surface area contributed by atoms with E-state index in [1.54, 1.807) is 28.4 Å². The van der Waals surface area contributed by atoms with Crippen molar-refractivity contribution in [2.45, 2.75) is 26.3 Å². The zero-order valence-corrected chi connectivity index (χ0v) is 12.4. The number of amides is 1. The minimum Gasteiger partial charge on any atom is -0.410 e. The van der Waals surface area contributed by atoms with Crippen LogP contribution in [0.3, 0.4) is 0 Å². The lowest BCUT2D eigenvalue weighted by Gasteiger charge is -2.21. The number of carbonyl (C=O) groups excluding carboxylic acids is 1. The second-order valence-electron chi connectivity index (χ2n) is 4.54. The molecule has 1 heterocycles. The average Bonchev–Trinajstić information content (AvgIpc) is 2.97. The van der Waals surface area contributed by atoms with Crippen LogP contribution in [0.25, 0.3) is 0 Å². The molecule has 0 bridgehead atoms. The van der Waals surface area contributed by atoms with Crippen LogP contribution in [0.2, 0.25) is 0 Å². The summed E-state index contributed by atoms with van der Waals surface area (Å²) in [6, 6.07) is 13.2. The summed E-state index contributed by atoms with van der Waals surface area (Å²) in [5.41, 5.74) is 0. The molecular weight excluding hydrogens is 270 g/mol. The van der Waals surface area contributed by atoms with Gasteiger partial charge >= 0.3 is 6.09 Å². The molecule has 0 radical (unpaired) electrons. The normalized spacial score (nSPS) is 10.2. The van der Waals surface area contributed by atoms with Gasteiger partial charge in [-0.1, -0.05) is 37.6 Å². The third kappa shape index (κ3) is 4.38. The summed E-state index contributed by atoms with van der Waals surface area (Å²) in [7, 11) is 0. The Labute approximate surface area is 123 Å². The second-order valence-corrected chi connectivity index (χ2v) is 5.57. The number of benzene rings is 1. The van der Waals surface area contributed by atoms with Crippen LogP contribution in [-0.2, 0) is 6.54 Å². The molecule has 1 aromatic carbocycles. The van der Waals surface area contributed by atoms with Crippen LogP contribution in [0.4, 0.5) is 4.79 Å². The Hall–Kier alpha value is -1.81. The molecule has 2 aromatic rings. The van der Waals surface area contributed by atoms with Crippen molar-refractivity contribution in [1.82, 2.24) is 4.90 Å². The van der Waals surface area contributed by atoms with E-state index < -0.39 is 0 Å². The zero-order chi connectivity index (χ0) is 14.2. The molecule has 1 amide bonds. The molecule has 0 saturated heterocycles. The maximum atomic E-state index is 12.3. The van der Waals surface area contributed by atoms with Crippen molar-refractivity contribution in [1.29, 1.82) is 0 Å². The summed E-state index contributed by atoms with van der Waals surface area (Å²) in [5, 5.41) is 2.02. The van der Waals surface area contributed by atoms with Gasteiger partial charge in [0.25, 0.3) is 0 Å². The van der Waals surface area contributed by atoms with E-state index in [-0.39, 0.29) is 6.09 Å². The Balaban J connectivity index is 1.99. The van der Waals surface area contributed by atoms with Gasteiger partial charge in [0.05, 0.1) is 6.54 Å². The number of thiophene rings is 1. The molecule has 4 heteroatoms. The highest BCUT2D eigenvalue weighted by atomic mass is 32.1. The number of rotatable bonds is 6. The second kappa shape index (κ2) is 7.70. The molecule has 1 aromatic heterocycles. The van der Waals surface area contributed by atoms with E-state index in [2.05, 4.69) is 6.92 Å². The van der Waals surface area contributed by atoms with Gasteiger partial charge in [0.2, 0.25) is 0 Å². The molecule has 106 valence electrons. The van der Waals surface area contributed by atoms with Crippen LogP contribution in [-0.4, -0.2) is 17.5 Å². The molecule has 0 spiro atoms. The van der Waals surface area contributed by atoms with E-state index in [1.807, 2.05) is 35.7 Å². The van der Waals surface area contributed by atoms with Gasteiger partial charge in [0.1, 0.15) is 5.75 Å². The van der Waals surface area contributed by atoms with Gasteiger partial charge in [-0.2, -0.15) is 0 Å². The van der Waals surface area contributed by atoms with E-state index >= 15 is 0 Å². The third-order valence-electron chi connectivity index (χ3n) is 2.91. The lowest BCUT2D eigenvalue weighted by molar-refractivity contribution is 0.149. The standard InChI is InChI=1S/C16H19NO2S/c1-2-3-11-17(13-15-10-7-12-20-15)16(18)19-14-8-5-4-6-9-14/h4-10,12H,2-3,11,13H2,1H3. The maximum absolute atomic E-state index is 12.3. The van der Waals surface area contributed by atoms with Gasteiger partial charge in [0, 0.05) is 11.4 Å². The number of hydrogen-bond donors (Lipinski definition) is 0. The van der Waals surface area contributed by atoms with Crippen molar-refractivity contribution in [3.63, 3.8) is 0 Å². The predicted octanol–water partition coefficient (Wildman–Crippen LogP) is 4.55. The summed E-state index contributed by atoms with van der Waals surface area (Å²) in [6.45, 7) is 3.45. The van der Waals surface area contributed by atoms with E-state index in [0.717, 1.165) is 19.4 Å². The van der Waals surface area contributed by atoms with E-state index in [9.17, 15) is 4.79 Å². The summed E-state index contributed by atoms with van der Waals surface area (Å²) in [5.74, 6) is 0.588. The molecular formula is C16H19NO2S. The SMILES string of the molecule is CCCCN(Cc1cccs1)C(=O)Oc1ccccc1. The van der Waals surface area contributed by atoms with E-state index in [0.29, 0.717) is 12.3 Å². The molecule has 3 nitrogen and oxygen atoms in total. The van der Waals surface area contributed by atoms with Gasteiger partial charge in [-0.25, -0.2) is 4.79 Å². The number of hydrogen-bond acceptors (Lipinski definition) is 3. The van der Waals surface area contributed by atoms with Gasteiger partial charge in [-0.15, -0.1) is 11.3 Å². The monoisotopic (exact) mass is 289 g/mol. The Bertz CT molecular complexity index is 511. The molecule has 0 aliphatic carbocycles. The largest absolute Gasteiger partial charge is 0.415 e. The molecule has 0 aliphatic heterocycles. The van der Waals surface area contributed by atoms with E-state index in [4.69, 9.17) is 4.74 Å². The van der Waals surface area contributed by atoms with Gasteiger partial charge < -0.3 is 9.64 Å². The summed E-state index contributed by atoms with van der Waals surface area (Å²) >= 11 is 1.66. The number of para-hydroxylation sites is 1. The lowest BCUT2D eigenvalue weighted by atomic mass is 10.3. The first-order chi connectivity index (χ1) is 9.79. The molecule has 0 saturated carbocycles. The minimum absolute atomic E-state index is 0.280. The van der Waals surface area contributed by atoms with E-state index in [1.165, 1.54) is 4.88 Å². The van der Waals surface area contributed by atoms with Crippen molar-refractivity contribution in [2.24, 2.45) is 0 Å². The molecule has 2 rings (SSSR count). The Morgan fingerprint density at radius 1 is 1.20 bits per heavy atom. The van der Waals surface area contributed by atoms with Crippen LogP contribution < -0.4 is 4.74 Å². The number of carbonyl (C=O) groups is 1. The molecule has 0 fully saturated rings. The first-order valence-corrected chi connectivity index (χ1v) is 7.71. The fourth-order valence-corrected chi connectivity index (χ4v) is 2.55. The van der Waals surface area contributed by atoms with Crippen molar-refractivity contribution >= 4 is 17.4 Å². The average molecular weight is 289 g/mol. The van der Waals surface area contributed by atoms with Crippen molar-refractivity contribution in [3.8, 4) is 5.75 Å². The Morgan fingerprint density at radius 3 is 2.65 bits per heavy atom. The Morgan fingerprint density at radius 2 is 2.00 bits per heavy atom. The van der Waals surface area contributed by atoms with Crippen LogP contribution in [0.1, 0.15) is 24.6 Å². The minimum atomic E-state index is -0.280. The van der Waals surface area contributed by atoms with Gasteiger partial charge in [-0.3, -0.25) is 0 Å². The van der Waals surface area contributed by atoms with Crippen LogP contribution in [0, 0.1) is 0 Å². The number of unbranched alkanes of at least 4 members (excludes halogenated alkanes) is 1. The fraction of sp³-hybridized carbons (Fsp3) is 0.312. The highest BCUT2D eigenvalue weighted by Gasteiger charge is 2.16. The van der Waals surface area contributed by atoms with Crippen LogP contribution >= 0.6 is 11.3 Å². The highest BCUT2D eigenvalue weighted by Crippen LogP contribution is 2.15. The van der Waals surface area contributed by atoms with Gasteiger partial charge in [0.15, 0.2) is 0 Å². The first kappa shape index (κ1) is 14.6. The van der Waals surface area contributed by atoms with Gasteiger partial charge in [-0.05, 0) is 30.0 Å². The van der Waals surface area contributed by atoms with Crippen molar-refractivity contribution in [3.05, 3.63) is 52.7 Å². The maximum Gasteiger partial charge on any atom is 0.415 e. The van der Waals surface area contributed by atoms with Crippen molar-refractivity contribution in [2.75, 3.05) is 6.54 Å². The number of ether oxygens (including phenoxy) is 1. The summed E-state index contributed by atoms with van der Waals surface area (Å²) in [4.78, 5) is 15.2. The zero-order valence-electron chi connectivity index (χ0n) is 11.6. The summed E-state index contributed by atoms with van der Waals surface area (Å²) < 4.78 is 5.41. The topological polar surface area (TPSA) is 29.5 Å². The highest BCUT2D eigenvalue weighted by molar-refractivity contribution is 7.09. The quantitative estimate of drug-likeness (QED) is 0.780. The van der Waals surface area contributed by atoms with Crippen LogP contribution in [0.15, 0.2) is 47.8 Å². The molecule has 0 atom stereocenters. The summed E-state index contributed by atoms with van der Waals surface area (Å²) in [6.07, 6.45) is 1.76. The molecule has 0 unspecified atom stereocenters. The molecule has 0 aliphatic rings. The Kier molecular flexibility index (Phi) is 5.62. The molecule has 20 heavy (non-hydrogen) atoms. The number of nitrogens with zero attached hydrogens (tertiary/aromatic N) is 1. The predicted molar refractivity (Wildman–Crippen MR) is 82.1 cm³/mol. The third-order valence-corrected chi connectivity index (χ3v) is 3.78. The smallest absolute Gasteiger partial charge is 0.410 e. The fourth-order valence-electron chi connectivity index (χ4n) is 1.83. The van der Waals surface area contributed by atoms with Crippen molar-refractivity contribution < 1.29 is 9.53 Å². The first-order valence-electron chi connectivity index (χ1n) is 6.83. The lowest BCUT2D eigenvalue weighted by Crippen LogP contribution is -2.33. The van der Waals surface area contributed by atoms with Crippen LogP contribution in [0.5, 0.6) is 5.75 Å². The molecule has 0 N–H and O–H groups in total.